The zero-order valence-electron chi connectivity index (χ0n) is 10.4. The molecule has 8 heteroatoms. The van der Waals surface area contributed by atoms with Crippen molar-refractivity contribution in [3.05, 3.63) is 24.4 Å². The van der Waals surface area contributed by atoms with Crippen molar-refractivity contribution >= 4 is 44.8 Å². The first-order valence-corrected chi connectivity index (χ1v) is 7.84. The lowest BCUT2D eigenvalue weighted by Crippen LogP contribution is -1.85. The summed E-state index contributed by atoms with van der Waals surface area (Å²) in [6, 6.07) is 5.47. The Hall–Kier alpha value is -2.06. The Morgan fingerprint density at radius 3 is 3.00 bits per heavy atom. The van der Waals surface area contributed by atoms with E-state index < -0.39 is 0 Å². The van der Waals surface area contributed by atoms with Crippen molar-refractivity contribution in [3.8, 4) is 11.6 Å². The molecule has 4 rings (SSSR count). The standard InChI is InChI=1S/C12H9N5OS2/c1-19-12-16-17-5-7(14-11(17)20-12)10-15-9-6(13)3-2-4-8(9)18-10/h2-5H,13H2,1H3. The minimum Gasteiger partial charge on any atom is -0.435 e. The van der Waals surface area contributed by atoms with E-state index in [1.807, 2.05) is 24.6 Å². The molecule has 0 radical (unpaired) electrons. The number of rotatable bonds is 2. The molecule has 0 aliphatic heterocycles. The zero-order chi connectivity index (χ0) is 13.7. The number of nitrogen functional groups attached to an aromatic ring is 1. The highest BCUT2D eigenvalue weighted by atomic mass is 32.2. The first-order valence-electron chi connectivity index (χ1n) is 5.80. The van der Waals surface area contributed by atoms with Crippen LogP contribution in [0.3, 0.4) is 0 Å². The third-order valence-electron chi connectivity index (χ3n) is 2.87. The van der Waals surface area contributed by atoms with Crippen molar-refractivity contribution in [2.75, 3.05) is 12.0 Å². The van der Waals surface area contributed by atoms with Gasteiger partial charge >= 0.3 is 0 Å². The Morgan fingerprint density at radius 1 is 1.35 bits per heavy atom. The first-order chi connectivity index (χ1) is 9.74. The lowest BCUT2D eigenvalue weighted by molar-refractivity contribution is 0.617. The second-order valence-corrected chi connectivity index (χ2v) is 6.15. The van der Waals surface area contributed by atoms with E-state index in [0.717, 1.165) is 9.30 Å². The molecular weight excluding hydrogens is 294 g/mol. The molecule has 3 aromatic heterocycles. The first kappa shape index (κ1) is 11.7. The number of fused-ring (bicyclic) bond motifs is 2. The average Bonchev–Trinajstić information content (AvgIpc) is 3.09. The number of benzene rings is 1. The smallest absolute Gasteiger partial charge is 0.248 e. The summed E-state index contributed by atoms with van der Waals surface area (Å²) in [5.41, 5.74) is 8.46. The summed E-state index contributed by atoms with van der Waals surface area (Å²) in [7, 11) is 0. The quantitative estimate of drug-likeness (QED) is 0.453. The van der Waals surface area contributed by atoms with E-state index in [2.05, 4.69) is 15.1 Å². The molecule has 3 heterocycles. The second-order valence-electron chi connectivity index (χ2n) is 4.14. The third kappa shape index (κ3) is 1.69. The molecule has 0 amide bonds. The van der Waals surface area contributed by atoms with Crippen molar-refractivity contribution < 1.29 is 4.42 Å². The fourth-order valence-electron chi connectivity index (χ4n) is 1.95. The van der Waals surface area contributed by atoms with Crippen LogP contribution in [0.5, 0.6) is 0 Å². The van der Waals surface area contributed by atoms with Gasteiger partial charge in [-0.2, -0.15) is 0 Å². The Morgan fingerprint density at radius 2 is 2.25 bits per heavy atom. The van der Waals surface area contributed by atoms with Crippen LogP contribution in [-0.4, -0.2) is 25.8 Å². The van der Waals surface area contributed by atoms with E-state index in [0.29, 0.717) is 28.4 Å². The van der Waals surface area contributed by atoms with Gasteiger partial charge < -0.3 is 10.2 Å². The summed E-state index contributed by atoms with van der Waals surface area (Å²) in [6.07, 6.45) is 3.80. The van der Waals surface area contributed by atoms with Gasteiger partial charge in [-0.25, -0.2) is 14.5 Å². The Labute approximate surface area is 121 Å². The lowest BCUT2D eigenvalue weighted by atomic mass is 10.3. The molecule has 4 aromatic rings. The third-order valence-corrected chi connectivity index (χ3v) is 4.77. The van der Waals surface area contributed by atoms with Gasteiger partial charge in [-0.3, -0.25) is 0 Å². The van der Waals surface area contributed by atoms with Gasteiger partial charge in [-0.05, 0) is 18.4 Å². The minimum absolute atomic E-state index is 0.460. The van der Waals surface area contributed by atoms with Crippen LogP contribution < -0.4 is 5.73 Å². The van der Waals surface area contributed by atoms with Gasteiger partial charge in [0.15, 0.2) is 9.92 Å². The molecule has 0 aliphatic rings. The van der Waals surface area contributed by atoms with E-state index in [-0.39, 0.29) is 0 Å². The highest BCUT2D eigenvalue weighted by molar-refractivity contribution is 8.00. The summed E-state index contributed by atoms with van der Waals surface area (Å²) in [5.74, 6) is 0.460. The molecule has 0 saturated carbocycles. The fourth-order valence-corrected chi connectivity index (χ4v) is 3.29. The number of nitrogens with zero attached hydrogens (tertiary/aromatic N) is 4. The highest BCUT2D eigenvalue weighted by Crippen LogP contribution is 2.29. The number of hydrogen-bond donors (Lipinski definition) is 1. The number of thioether (sulfide) groups is 1. The van der Waals surface area contributed by atoms with Crippen LogP contribution in [-0.2, 0) is 0 Å². The summed E-state index contributed by atoms with van der Waals surface area (Å²) in [4.78, 5) is 9.71. The molecular formula is C12H9N5OS2. The molecule has 0 spiro atoms. The number of anilines is 1. The number of oxazole rings is 1. The lowest BCUT2D eigenvalue weighted by Gasteiger charge is -1.89. The monoisotopic (exact) mass is 303 g/mol. The highest BCUT2D eigenvalue weighted by Gasteiger charge is 2.15. The van der Waals surface area contributed by atoms with Crippen LogP contribution in [0, 0.1) is 0 Å². The Balaban J connectivity index is 1.87. The van der Waals surface area contributed by atoms with E-state index >= 15 is 0 Å². The SMILES string of the molecule is CSc1nn2cc(-c3nc4c(N)cccc4o3)nc2s1. The van der Waals surface area contributed by atoms with Crippen LogP contribution >= 0.6 is 23.1 Å². The molecule has 1 aromatic carbocycles. The van der Waals surface area contributed by atoms with Crippen LogP contribution in [0.25, 0.3) is 27.6 Å². The molecule has 0 aliphatic carbocycles. The summed E-state index contributed by atoms with van der Waals surface area (Å²) in [6.45, 7) is 0. The van der Waals surface area contributed by atoms with Crippen LogP contribution in [0.4, 0.5) is 5.69 Å². The predicted molar refractivity (Wildman–Crippen MR) is 80.1 cm³/mol. The number of nitrogens with two attached hydrogens (primary N) is 1. The van der Waals surface area contributed by atoms with Crippen LogP contribution in [0.2, 0.25) is 0 Å². The molecule has 0 fully saturated rings. The van der Waals surface area contributed by atoms with Gasteiger partial charge in [0.25, 0.3) is 0 Å². The number of imidazole rings is 1. The molecule has 6 nitrogen and oxygen atoms in total. The van der Waals surface area contributed by atoms with Crippen molar-refractivity contribution in [1.82, 2.24) is 19.6 Å². The maximum atomic E-state index is 5.88. The maximum Gasteiger partial charge on any atom is 0.248 e. The fraction of sp³-hybridized carbons (Fsp3) is 0.0833. The predicted octanol–water partition coefficient (Wildman–Crippen LogP) is 2.90. The van der Waals surface area contributed by atoms with Crippen molar-refractivity contribution in [2.45, 2.75) is 4.34 Å². The normalized spacial score (nSPS) is 11.7. The van der Waals surface area contributed by atoms with E-state index in [4.69, 9.17) is 10.2 Å². The summed E-state index contributed by atoms with van der Waals surface area (Å²) >= 11 is 3.13. The summed E-state index contributed by atoms with van der Waals surface area (Å²) < 4.78 is 8.41. The maximum absolute atomic E-state index is 5.88. The van der Waals surface area contributed by atoms with Gasteiger partial charge in [0.05, 0.1) is 11.9 Å². The van der Waals surface area contributed by atoms with E-state index in [9.17, 15) is 0 Å². The topological polar surface area (TPSA) is 82.2 Å². The number of hydrogen-bond acceptors (Lipinski definition) is 7. The van der Waals surface area contributed by atoms with E-state index in [1.54, 1.807) is 22.3 Å². The van der Waals surface area contributed by atoms with Crippen LogP contribution in [0.1, 0.15) is 0 Å². The van der Waals surface area contributed by atoms with Gasteiger partial charge in [-0.15, -0.1) is 5.10 Å². The number of para-hydroxylation sites is 1. The van der Waals surface area contributed by atoms with Gasteiger partial charge in [0, 0.05) is 0 Å². The number of aromatic nitrogens is 4. The van der Waals surface area contributed by atoms with Gasteiger partial charge in [0.1, 0.15) is 11.2 Å². The van der Waals surface area contributed by atoms with Crippen LogP contribution in [0.15, 0.2) is 33.2 Å². The average molecular weight is 303 g/mol. The molecule has 100 valence electrons. The molecule has 2 N–H and O–H groups in total. The van der Waals surface area contributed by atoms with E-state index in [1.165, 1.54) is 11.3 Å². The molecule has 0 bridgehead atoms. The molecule has 0 saturated heterocycles. The van der Waals surface area contributed by atoms with Crippen molar-refractivity contribution in [2.24, 2.45) is 0 Å². The van der Waals surface area contributed by atoms with Crippen molar-refractivity contribution in [1.29, 1.82) is 0 Å². The summed E-state index contributed by atoms with van der Waals surface area (Å²) in [5, 5.41) is 4.39. The minimum atomic E-state index is 0.460. The van der Waals surface area contributed by atoms with Gasteiger partial charge in [-0.1, -0.05) is 29.2 Å². The molecule has 20 heavy (non-hydrogen) atoms. The largest absolute Gasteiger partial charge is 0.435 e. The Bertz CT molecular complexity index is 891. The second kappa shape index (κ2) is 4.22. The molecule has 0 atom stereocenters. The Kier molecular flexibility index (Phi) is 2.48. The van der Waals surface area contributed by atoms with Crippen molar-refractivity contribution in [3.63, 3.8) is 0 Å². The zero-order valence-corrected chi connectivity index (χ0v) is 12.0. The van der Waals surface area contributed by atoms with Gasteiger partial charge in [0.2, 0.25) is 10.9 Å². The molecule has 0 unspecified atom stereocenters.